The topological polar surface area (TPSA) is 70.9 Å². The van der Waals surface area contributed by atoms with Crippen LogP contribution < -0.4 is 10.2 Å². The zero-order valence-electron chi connectivity index (χ0n) is 14.7. The molecule has 0 fully saturated rings. The molecule has 0 bridgehead atoms. The first-order chi connectivity index (χ1) is 12.2. The summed E-state index contributed by atoms with van der Waals surface area (Å²) in [5.41, 5.74) is 4.09. The standard InChI is InChI=1S/C19H20Br2N2O3/c1-19(2,3)13-4-6-15(7-5-13)26-11-17(24)23-22-10-12-8-14(20)9-16(21)18(12)25/h4-10,25H,11H2,1-3H3,(H,23,24)/b22-10-. The maximum Gasteiger partial charge on any atom is 0.277 e. The van der Waals surface area contributed by atoms with E-state index in [0.29, 0.717) is 15.8 Å². The van der Waals surface area contributed by atoms with Gasteiger partial charge in [-0.05, 0) is 51.2 Å². The molecule has 0 atom stereocenters. The normalized spacial score (nSPS) is 11.6. The number of hydrogen-bond acceptors (Lipinski definition) is 4. The number of halogens is 2. The van der Waals surface area contributed by atoms with E-state index < -0.39 is 5.91 Å². The second kappa shape index (κ2) is 8.68. The lowest BCUT2D eigenvalue weighted by molar-refractivity contribution is -0.123. The summed E-state index contributed by atoms with van der Waals surface area (Å²) >= 11 is 6.56. The molecule has 2 rings (SSSR count). The molecule has 0 unspecified atom stereocenters. The summed E-state index contributed by atoms with van der Waals surface area (Å²) < 4.78 is 6.75. The Kier molecular flexibility index (Phi) is 6.83. The fraction of sp³-hybridized carbons (Fsp3) is 0.263. The Morgan fingerprint density at radius 2 is 1.88 bits per heavy atom. The van der Waals surface area contributed by atoms with Crippen LogP contribution >= 0.6 is 31.9 Å². The van der Waals surface area contributed by atoms with E-state index in [-0.39, 0.29) is 17.8 Å². The Labute approximate surface area is 169 Å². The van der Waals surface area contributed by atoms with Gasteiger partial charge in [0, 0.05) is 10.0 Å². The number of hydrazone groups is 1. The molecule has 0 radical (unpaired) electrons. The molecule has 0 saturated heterocycles. The molecular weight excluding hydrogens is 464 g/mol. The lowest BCUT2D eigenvalue weighted by atomic mass is 9.87. The van der Waals surface area contributed by atoms with Crippen molar-refractivity contribution in [1.82, 2.24) is 5.43 Å². The Hall–Kier alpha value is -1.86. The highest BCUT2D eigenvalue weighted by Gasteiger charge is 2.13. The molecule has 0 aliphatic rings. The van der Waals surface area contributed by atoms with Crippen LogP contribution in [0.25, 0.3) is 0 Å². The predicted octanol–water partition coefficient (Wildman–Crippen LogP) is 4.74. The second-order valence-corrected chi connectivity index (χ2v) is 8.45. The van der Waals surface area contributed by atoms with Gasteiger partial charge in [-0.15, -0.1) is 0 Å². The fourth-order valence-corrected chi connectivity index (χ4v) is 3.35. The van der Waals surface area contributed by atoms with Gasteiger partial charge in [0.1, 0.15) is 11.5 Å². The molecule has 2 aromatic rings. The summed E-state index contributed by atoms with van der Waals surface area (Å²) in [4.78, 5) is 11.8. The van der Waals surface area contributed by atoms with Gasteiger partial charge < -0.3 is 9.84 Å². The molecular formula is C19H20Br2N2O3. The minimum atomic E-state index is -0.394. The average molecular weight is 484 g/mol. The van der Waals surface area contributed by atoms with Crippen molar-refractivity contribution in [3.63, 3.8) is 0 Å². The molecule has 0 aliphatic carbocycles. The van der Waals surface area contributed by atoms with Crippen molar-refractivity contribution >= 4 is 44.0 Å². The largest absolute Gasteiger partial charge is 0.506 e. The van der Waals surface area contributed by atoms with Gasteiger partial charge in [0.25, 0.3) is 5.91 Å². The van der Waals surface area contributed by atoms with Crippen molar-refractivity contribution in [2.24, 2.45) is 5.10 Å². The molecule has 138 valence electrons. The Morgan fingerprint density at radius 1 is 1.23 bits per heavy atom. The number of nitrogens with zero attached hydrogens (tertiary/aromatic N) is 1. The van der Waals surface area contributed by atoms with Crippen molar-refractivity contribution in [2.45, 2.75) is 26.2 Å². The molecule has 0 aromatic heterocycles. The molecule has 2 aromatic carbocycles. The first-order valence-electron chi connectivity index (χ1n) is 7.90. The van der Waals surface area contributed by atoms with E-state index in [0.717, 1.165) is 4.47 Å². The third-order valence-electron chi connectivity index (χ3n) is 3.54. The highest BCUT2D eigenvalue weighted by atomic mass is 79.9. The smallest absolute Gasteiger partial charge is 0.277 e. The Morgan fingerprint density at radius 3 is 2.50 bits per heavy atom. The quantitative estimate of drug-likeness (QED) is 0.476. The minimum Gasteiger partial charge on any atom is -0.506 e. The zero-order chi connectivity index (χ0) is 19.3. The number of phenols is 1. The van der Waals surface area contributed by atoms with Crippen molar-refractivity contribution in [3.05, 3.63) is 56.5 Å². The van der Waals surface area contributed by atoms with Gasteiger partial charge in [0.05, 0.1) is 10.7 Å². The van der Waals surface area contributed by atoms with Crippen molar-refractivity contribution < 1.29 is 14.6 Å². The number of phenolic OH excluding ortho intramolecular Hbond substituents is 1. The molecule has 0 heterocycles. The number of benzene rings is 2. The zero-order valence-corrected chi connectivity index (χ0v) is 17.9. The van der Waals surface area contributed by atoms with Crippen LogP contribution in [0.15, 0.2) is 50.4 Å². The van der Waals surface area contributed by atoms with Gasteiger partial charge in [0.15, 0.2) is 6.61 Å². The van der Waals surface area contributed by atoms with Crippen LogP contribution in [-0.4, -0.2) is 23.8 Å². The summed E-state index contributed by atoms with van der Waals surface area (Å²) in [6.07, 6.45) is 1.36. The first-order valence-corrected chi connectivity index (χ1v) is 9.48. The highest BCUT2D eigenvalue weighted by molar-refractivity contribution is 9.11. The molecule has 0 aliphatic heterocycles. The van der Waals surface area contributed by atoms with Crippen LogP contribution in [0.2, 0.25) is 0 Å². The molecule has 0 saturated carbocycles. The molecule has 1 amide bonds. The molecule has 26 heavy (non-hydrogen) atoms. The third kappa shape index (κ3) is 5.85. The van der Waals surface area contributed by atoms with E-state index >= 15 is 0 Å². The summed E-state index contributed by atoms with van der Waals surface area (Å²) in [5.74, 6) is 0.266. The van der Waals surface area contributed by atoms with E-state index in [9.17, 15) is 9.90 Å². The third-order valence-corrected chi connectivity index (χ3v) is 4.60. The van der Waals surface area contributed by atoms with Gasteiger partial charge in [-0.3, -0.25) is 4.79 Å². The summed E-state index contributed by atoms with van der Waals surface area (Å²) in [7, 11) is 0. The number of nitrogens with one attached hydrogen (secondary N) is 1. The van der Waals surface area contributed by atoms with Crippen LogP contribution in [0.1, 0.15) is 31.9 Å². The van der Waals surface area contributed by atoms with Crippen LogP contribution in [0.4, 0.5) is 0 Å². The number of carbonyl (C=O) groups is 1. The summed E-state index contributed by atoms with van der Waals surface area (Å²) in [6.45, 7) is 6.25. The van der Waals surface area contributed by atoms with Gasteiger partial charge >= 0.3 is 0 Å². The number of ether oxygens (including phenoxy) is 1. The molecule has 0 spiro atoms. The van der Waals surface area contributed by atoms with E-state index in [1.807, 2.05) is 24.3 Å². The summed E-state index contributed by atoms with van der Waals surface area (Å²) in [5, 5.41) is 13.8. The SMILES string of the molecule is CC(C)(C)c1ccc(OCC(=O)N/N=C\c2cc(Br)cc(Br)c2O)cc1. The lowest BCUT2D eigenvalue weighted by Gasteiger charge is -2.19. The van der Waals surface area contributed by atoms with E-state index in [1.54, 1.807) is 12.1 Å². The average Bonchev–Trinajstić information content (AvgIpc) is 2.57. The van der Waals surface area contributed by atoms with Crippen LogP contribution in [0.3, 0.4) is 0 Å². The number of aromatic hydroxyl groups is 1. The van der Waals surface area contributed by atoms with Gasteiger partial charge in [-0.25, -0.2) is 5.43 Å². The first kappa shape index (κ1) is 20.5. The van der Waals surface area contributed by atoms with Crippen LogP contribution in [0, 0.1) is 0 Å². The number of carbonyl (C=O) groups excluding carboxylic acids is 1. The highest BCUT2D eigenvalue weighted by Crippen LogP contribution is 2.30. The van der Waals surface area contributed by atoms with E-state index in [1.165, 1.54) is 11.8 Å². The molecule has 2 N–H and O–H groups in total. The number of hydrogen-bond donors (Lipinski definition) is 2. The van der Waals surface area contributed by atoms with E-state index in [2.05, 4.69) is 63.2 Å². The van der Waals surface area contributed by atoms with Crippen LogP contribution in [-0.2, 0) is 10.2 Å². The predicted molar refractivity (Wildman–Crippen MR) is 110 cm³/mol. The Balaban J connectivity index is 1.88. The summed E-state index contributed by atoms with van der Waals surface area (Å²) in [6, 6.07) is 11.0. The fourth-order valence-electron chi connectivity index (χ4n) is 2.09. The monoisotopic (exact) mass is 482 g/mol. The maximum atomic E-state index is 11.8. The van der Waals surface area contributed by atoms with Gasteiger partial charge in [0.2, 0.25) is 0 Å². The number of rotatable bonds is 5. The van der Waals surface area contributed by atoms with Crippen LogP contribution in [0.5, 0.6) is 11.5 Å². The van der Waals surface area contributed by atoms with Gasteiger partial charge in [-0.1, -0.05) is 48.8 Å². The maximum absolute atomic E-state index is 11.8. The van der Waals surface area contributed by atoms with Crippen molar-refractivity contribution in [1.29, 1.82) is 0 Å². The van der Waals surface area contributed by atoms with Crippen molar-refractivity contribution in [3.8, 4) is 11.5 Å². The van der Waals surface area contributed by atoms with Gasteiger partial charge in [-0.2, -0.15) is 5.10 Å². The molecule has 5 nitrogen and oxygen atoms in total. The Bertz CT molecular complexity index is 813. The second-order valence-electron chi connectivity index (χ2n) is 6.68. The van der Waals surface area contributed by atoms with E-state index in [4.69, 9.17) is 4.74 Å². The number of amides is 1. The van der Waals surface area contributed by atoms with Crippen molar-refractivity contribution in [2.75, 3.05) is 6.61 Å². The minimum absolute atomic E-state index is 0.0430. The molecule has 7 heteroatoms. The lowest BCUT2D eigenvalue weighted by Crippen LogP contribution is -2.24.